The molecule has 0 amide bonds. The Morgan fingerprint density at radius 2 is 2.00 bits per heavy atom. The highest BCUT2D eigenvalue weighted by Crippen LogP contribution is 2.00. The van der Waals surface area contributed by atoms with E-state index >= 15 is 0 Å². The van der Waals surface area contributed by atoms with E-state index in [-0.39, 0.29) is 0 Å². The Labute approximate surface area is 78.7 Å². The van der Waals surface area contributed by atoms with Gasteiger partial charge in [0.15, 0.2) is 0 Å². The van der Waals surface area contributed by atoms with Gasteiger partial charge in [-0.25, -0.2) is 4.68 Å². The van der Waals surface area contributed by atoms with Gasteiger partial charge in [-0.1, -0.05) is 26.2 Å². The minimum absolute atomic E-state index is 1.04. The van der Waals surface area contributed by atoms with Gasteiger partial charge < -0.3 is 0 Å². The molecule has 4 nitrogen and oxygen atoms in total. The average molecular weight is 180 g/mol. The van der Waals surface area contributed by atoms with Crippen LogP contribution in [0.3, 0.4) is 0 Å². The molecule has 0 aliphatic heterocycles. The number of aromatic nitrogens is 3. The van der Waals surface area contributed by atoms with Crippen molar-refractivity contribution in [2.75, 3.05) is 0 Å². The zero-order valence-corrected chi connectivity index (χ0v) is 8.06. The first-order valence-corrected chi connectivity index (χ1v) is 4.81. The molecule has 0 saturated carbocycles. The van der Waals surface area contributed by atoms with E-state index in [1.807, 2.05) is 6.21 Å². The van der Waals surface area contributed by atoms with Gasteiger partial charge in [0.2, 0.25) is 0 Å². The summed E-state index contributed by atoms with van der Waals surface area (Å²) in [4.78, 5) is 0. The highest BCUT2D eigenvalue weighted by Gasteiger charge is 1.85. The molecule has 0 aliphatic rings. The van der Waals surface area contributed by atoms with Gasteiger partial charge in [0.05, 0.1) is 0 Å². The molecule has 0 atom stereocenters. The summed E-state index contributed by atoms with van der Waals surface area (Å²) in [6.07, 6.45) is 11.2. The molecule has 1 aromatic heterocycles. The zero-order chi connectivity index (χ0) is 9.36. The van der Waals surface area contributed by atoms with E-state index in [0.29, 0.717) is 0 Å². The third-order valence-corrected chi connectivity index (χ3v) is 1.81. The van der Waals surface area contributed by atoms with Gasteiger partial charge in [-0.05, 0) is 12.8 Å². The van der Waals surface area contributed by atoms with Gasteiger partial charge in [-0.15, -0.1) is 10.2 Å². The molecule has 1 rings (SSSR count). The Hall–Kier alpha value is -1.19. The van der Waals surface area contributed by atoms with E-state index in [4.69, 9.17) is 0 Å². The molecule has 0 spiro atoms. The Bertz CT molecular complexity index is 228. The van der Waals surface area contributed by atoms with E-state index in [1.54, 1.807) is 17.3 Å². The largest absolute Gasteiger partial charge is 0.208 e. The third kappa shape index (κ3) is 4.40. The van der Waals surface area contributed by atoms with Crippen molar-refractivity contribution in [3.05, 3.63) is 12.7 Å². The van der Waals surface area contributed by atoms with Crippen LogP contribution in [-0.2, 0) is 0 Å². The average Bonchev–Trinajstić information content (AvgIpc) is 2.63. The second-order valence-corrected chi connectivity index (χ2v) is 2.99. The molecule has 0 N–H and O–H groups in total. The van der Waals surface area contributed by atoms with Gasteiger partial charge >= 0.3 is 0 Å². The van der Waals surface area contributed by atoms with Crippen molar-refractivity contribution in [2.45, 2.75) is 39.0 Å². The first-order valence-electron chi connectivity index (χ1n) is 4.81. The van der Waals surface area contributed by atoms with E-state index in [2.05, 4.69) is 22.2 Å². The molecule has 13 heavy (non-hydrogen) atoms. The molecule has 0 fully saturated rings. The van der Waals surface area contributed by atoms with Crippen molar-refractivity contribution in [3.63, 3.8) is 0 Å². The van der Waals surface area contributed by atoms with Crippen LogP contribution in [0.2, 0.25) is 0 Å². The molecule has 0 aromatic carbocycles. The first kappa shape index (κ1) is 9.89. The lowest BCUT2D eigenvalue weighted by molar-refractivity contribution is 0.683. The van der Waals surface area contributed by atoms with Crippen LogP contribution in [-0.4, -0.2) is 21.1 Å². The summed E-state index contributed by atoms with van der Waals surface area (Å²) >= 11 is 0. The van der Waals surface area contributed by atoms with E-state index in [0.717, 1.165) is 6.42 Å². The summed E-state index contributed by atoms with van der Waals surface area (Å²) in [6, 6.07) is 0. The molecule has 72 valence electrons. The van der Waals surface area contributed by atoms with Crippen LogP contribution in [0.4, 0.5) is 0 Å². The second kappa shape index (κ2) is 6.34. The third-order valence-electron chi connectivity index (χ3n) is 1.81. The summed E-state index contributed by atoms with van der Waals surface area (Å²) < 4.78 is 1.61. The number of rotatable bonds is 6. The fourth-order valence-corrected chi connectivity index (χ4v) is 1.07. The normalized spacial score (nSPS) is 11.2. The van der Waals surface area contributed by atoms with Crippen molar-refractivity contribution in [1.82, 2.24) is 14.9 Å². The van der Waals surface area contributed by atoms with Crippen molar-refractivity contribution >= 4 is 6.21 Å². The van der Waals surface area contributed by atoms with E-state index in [1.165, 1.54) is 25.7 Å². The smallest absolute Gasteiger partial charge is 0.141 e. The monoisotopic (exact) mass is 180 g/mol. The molecule has 0 saturated heterocycles. The van der Waals surface area contributed by atoms with Crippen molar-refractivity contribution in [3.8, 4) is 0 Å². The molecular weight excluding hydrogens is 164 g/mol. The highest BCUT2D eigenvalue weighted by molar-refractivity contribution is 5.56. The zero-order valence-electron chi connectivity index (χ0n) is 8.06. The summed E-state index contributed by atoms with van der Waals surface area (Å²) in [7, 11) is 0. The molecule has 0 radical (unpaired) electrons. The SMILES string of the molecule is CCCCCC/C=N\n1cnnc1. The Kier molecular flexibility index (Phi) is 4.83. The maximum atomic E-state index is 4.13. The fourth-order valence-electron chi connectivity index (χ4n) is 1.07. The topological polar surface area (TPSA) is 43.1 Å². The molecule has 1 aromatic rings. The standard InChI is InChI=1S/C9H16N4/c1-2-3-4-5-6-7-12-13-8-10-11-9-13/h7-9H,2-6H2,1H3/b12-7-. The summed E-state index contributed by atoms with van der Waals surface area (Å²) in [5.74, 6) is 0. The van der Waals surface area contributed by atoms with Gasteiger partial charge in [-0.2, -0.15) is 5.10 Å². The summed E-state index contributed by atoms with van der Waals surface area (Å²) in [5, 5.41) is 11.4. The summed E-state index contributed by atoms with van der Waals surface area (Å²) in [5.41, 5.74) is 0. The van der Waals surface area contributed by atoms with Crippen LogP contribution in [0.25, 0.3) is 0 Å². The van der Waals surface area contributed by atoms with Crippen LogP contribution in [0, 0.1) is 0 Å². The molecule has 0 bridgehead atoms. The van der Waals surface area contributed by atoms with Crippen LogP contribution < -0.4 is 0 Å². The molecule has 0 unspecified atom stereocenters. The van der Waals surface area contributed by atoms with Crippen molar-refractivity contribution in [2.24, 2.45) is 5.10 Å². The van der Waals surface area contributed by atoms with Crippen LogP contribution in [0.15, 0.2) is 17.8 Å². The van der Waals surface area contributed by atoms with Gasteiger partial charge in [0, 0.05) is 6.21 Å². The van der Waals surface area contributed by atoms with Gasteiger partial charge in [-0.3, -0.25) is 0 Å². The Morgan fingerprint density at radius 1 is 1.23 bits per heavy atom. The van der Waals surface area contributed by atoms with E-state index < -0.39 is 0 Å². The summed E-state index contributed by atoms with van der Waals surface area (Å²) in [6.45, 7) is 2.21. The Balaban J connectivity index is 2.05. The number of unbranched alkanes of at least 4 members (excludes halogenated alkanes) is 4. The minimum atomic E-state index is 1.04. The first-order chi connectivity index (χ1) is 6.43. The molecule has 1 heterocycles. The maximum absolute atomic E-state index is 4.13. The number of nitrogens with zero attached hydrogens (tertiary/aromatic N) is 4. The van der Waals surface area contributed by atoms with Crippen LogP contribution >= 0.6 is 0 Å². The second-order valence-electron chi connectivity index (χ2n) is 2.99. The van der Waals surface area contributed by atoms with Gasteiger partial charge in [0.1, 0.15) is 12.7 Å². The lowest BCUT2D eigenvalue weighted by Crippen LogP contribution is -1.85. The minimum Gasteiger partial charge on any atom is -0.208 e. The molecule has 0 aliphatic carbocycles. The molecule has 4 heteroatoms. The van der Waals surface area contributed by atoms with Crippen LogP contribution in [0.1, 0.15) is 39.0 Å². The number of hydrogen-bond donors (Lipinski definition) is 0. The van der Waals surface area contributed by atoms with Crippen LogP contribution in [0.5, 0.6) is 0 Å². The lowest BCUT2D eigenvalue weighted by atomic mass is 10.2. The number of hydrogen-bond acceptors (Lipinski definition) is 3. The van der Waals surface area contributed by atoms with Gasteiger partial charge in [0.25, 0.3) is 0 Å². The van der Waals surface area contributed by atoms with Crippen molar-refractivity contribution < 1.29 is 0 Å². The Morgan fingerprint density at radius 3 is 2.69 bits per heavy atom. The predicted molar refractivity (Wildman–Crippen MR) is 52.7 cm³/mol. The maximum Gasteiger partial charge on any atom is 0.141 e. The molecular formula is C9H16N4. The van der Waals surface area contributed by atoms with Crippen molar-refractivity contribution in [1.29, 1.82) is 0 Å². The fraction of sp³-hybridized carbons (Fsp3) is 0.667. The predicted octanol–water partition coefficient (Wildman–Crippen LogP) is 2.08. The lowest BCUT2D eigenvalue weighted by Gasteiger charge is -1.93. The van der Waals surface area contributed by atoms with E-state index in [9.17, 15) is 0 Å². The quantitative estimate of drug-likeness (QED) is 0.497. The highest BCUT2D eigenvalue weighted by atomic mass is 15.4.